The summed E-state index contributed by atoms with van der Waals surface area (Å²) in [6, 6.07) is 8.04. The highest BCUT2D eigenvalue weighted by Crippen LogP contribution is 2.32. The first-order valence-electron chi connectivity index (χ1n) is 10.1. The van der Waals surface area contributed by atoms with Gasteiger partial charge in [0.15, 0.2) is 0 Å². The molecule has 0 spiro atoms. The molecule has 1 saturated heterocycles. The predicted molar refractivity (Wildman–Crippen MR) is 114 cm³/mol. The van der Waals surface area contributed by atoms with Crippen LogP contribution in [-0.2, 0) is 11.3 Å². The maximum absolute atomic E-state index is 10.8. The summed E-state index contributed by atoms with van der Waals surface area (Å²) in [5.74, 6) is -0.171. The van der Waals surface area contributed by atoms with Crippen molar-refractivity contribution in [3.63, 3.8) is 0 Å². The lowest BCUT2D eigenvalue weighted by Crippen LogP contribution is -2.48. The van der Waals surface area contributed by atoms with Gasteiger partial charge >= 0.3 is 11.8 Å². The van der Waals surface area contributed by atoms with E-state index in [1.54, 1.807) is 4.57 Å². The molecule has 0 amide bonds. The number of fused-ring (bicyclic) bond motifs is 1. The van der Waals surface area contributed by atoms with Crippen LogP contribution in [0.25, 0.3) is 6.08 Å². The van der Waals surface area contributed by atoms with Crippen molar-refractivity contribution < 1.29 is 14.4 Å². The average molecular weight is 433 g/mol. The van der Waals surface area contributed by atoms with Crippen LogP contribution < -0.4 is 4.74 Å². The molecule has 1 unspecified atom stereocenters. The molecule has 4 rings (SSSR count). The second-order valence-corrected chi connectivity index (χ2v) is 8.52. The standard InChI is InChI=1S/C21H25ClN4O4/c1-21(15-25-13-19(26(27)28)23-20(25)30-21)14-24-10-8-18(9-11-24)29-12-2-3-16-4-6-17(22)7-5-16/h2-7,13,18H,8-12,14-15H2,1H3. The topological polar surface area (TPSA) is 82.7 Å². The van der Waals surface area contributed by atoms with Crippen molar-refractivity contribution in [1.82, 2.24) is 14.5 Å². The molecular weight excluding hydrogens is 408 g/mol. The number of halogens is 1. The molecule has 3 heterocycles. The average Bonchev–Trinajstić information content (AvgIpc) is 3.23. The smallest absolute Gasteiger partial charge is 0.415 e. The number of rotatable bonds is 7. The predicted octanol–water partition coefficient (Wildman–Crippen LogP) is 3.79. The van der Waals surface area contributed by atoms with Gasteiger partial charge in [-0.15, -0.1) is 0 Å². The van der Waals surface area contributed by atoms with Gasteiger partial charge in [-0.05, 0) is 42.4 Å². The molecule has 2 aromatic rings. The van der Waals surface area contributed by atoms with Gasteiger partial charge in [0.2, 0.25) is 0 Å². The number of likely N-dealkylation sites (tertiary alicyclic amines) is 1. The number of benzene rings is 1. The van der Waals surface area contributed by atoms with Gasteiger partial charge < -0.3 is 19.6 Å². The van der Waals surface area contributed by atoms with E-state index in [1.807, 2.05) is 43.3 Å². The Bertz CT molecular complexity index is 896. The van der Waals surface area contributed by atoms with Gasteiger partial charge in [0.25, 0.3) is 0 Å². The monoisotopic (exact) mass is 432 g/mol. The molecule has 2 aliphatic rings. The summed E-state index contributed by atoms with van der Waals surface area (Å²) < 4.78 is 13.7. The maximum atomic E-state index is 10.8. The lowest BCUT2D eigenvalue weighted by atomic mass is 10.0. The number of imidazole rings is 1. The quantitative estimate of drug-likeness (QED) is 0.489. The highest BCUT2D eigenvalue weighted by molar-refractivity contribution is 6.30. The maximum Gasteiger partial charge on any atom is 0.415 e. The van der Waals surface area contributed by atoms with Crippen LogP contribution >= 0.6 is 11.6 Å². The first-order valence-corrected chi connectivity index (χ1v) is 10.4. The summed E-state index contributed by atoms with van der Waals surface area (Å²) in [5, 5.41) is 11.6. The third-order valence-electron chi connectivity index (χ3n) is 5.46. The number of ether oxygens (including phenoxy) is 2. The van der Waals surface area contributed by atoms with E-state index in [4.69, 9.17) is 21.1 Å². The zero-order valence-electron chi connectivity index (χ0n) is 16.9. The molecule has 30 heavy (non-hydrogen) atoms. The number of hydrogen-bond acceptors (Lipinski definition) is 6. The van der Waals surface area contributed by atoms with Crippen LogP contribution in [0.5, 0.6) is 6.01 Å². The molecule has 1 fully saturated rings. The zero-order valence-corrected chi connectivity index (χ0v) is 17.6. The minimum atomic E-state index is -0.499. The summed E-state index contributed by atoms with van der Waals surface area (Å²) in [6.07, 6.45) is 7.72. The van der Waals surface area contributed by atoms with Gasteiger partial charge in [-0.1, -0.05) is 35.9 Å². The van der Waals surface area contributed by atoms with Crippen molar-refractivity contribution >= 4 is 23.5 Å². The van der Waals surface area contributed by atoms with Crippen LogP contribution in [0.1, 0.15) is 25.3 Å². The van der Waals surface area contributed by atoms with E-state index < -0.39 is 10.5 Å². The van der Waals surface area contributed by atoms with Crippen molar-refractivity contribution in [2.24, 2.45) is 0 Å². The Morgan fingerprint density at radius 3 is 2.77 bits per heavy atom. The molecule has 1 aromatic carbocycles. The summed E-state index contributed by atoms with van der Waals surface area (Å²) >= 11 is 5.89. The van der Waals surface area contributed by atoms with Gasteiger partial charge in [-0.25, -0.2) is 0 Å². The summed E-state index contributed by atoms with van der Waals surface area (Å²) in [7, 11) is 0. The number of nitro groups is 1. The van der Waals surface area contributed by atoms with Crippen LogP contribution in [0.4, 0.5) is 5.82 Å². The van der Waals surface area contributed by atoms with Gasteiger partial charge in [-0.3, -0.25) is 9.47 Å². The Balaban J connectivity index is 1.19. The molecule has 0 bridgehead atoms. The molecule has 2 aliphatic heterocycles. The van der Waals surface area contributed by atoms with E-state index in [0.29, 0.717) is 19.2 Å². The Hall–Kier alpha value is -2.42. The Morgan fingerprint density at radius 2 is 2.10 bits per heavy atom. The van der Waals surface area contributed by atoms with Crippen LogP contribution in [0, 0.1) is 10.1 Å². The SMILES string of the molecule is CC1(CN2CCC(OCC=Cc3ccc(Cl)cc3)CC2)Cn2cc([N+](=O)[O-])nc2O1. The molecule has 0 N–H and O–H groups in total. The van der Waals surface area contributed by atoms with Crippen molar-refractivity contribution in [1.29, 1.82) is 0 Å². The number of aromatic nitrogens is 2. The minimum absolute atomic E-state index is 0.171. The molecule has 1 atom stereocenters. The van der Waals surface area contributed by atoms with Crippen molar-refractivity contribution in [3.8, 4) is 6.01 Å². The molecule has 1 aromatic heterocycles. The van der Waals surface area contributed by atoms with E-state index >= 15 is 0 Å². The summed E-state index contributed by atoms with van der Waals surface area (Å²) in [6.45, 7) is 5.81. The molecule has 160 valence electrons. The minimum Gasteiger partial charge on any atom is -0.436 e. The zero-order chi connectivity index (χ0) is 21.1. The largest absolute Gasteiger partial charge is 0.436 e. The number of nitrogens with zero attached hydrogens (tertiary/aromatic N) is 4. The van der Waals surface area contributed by atoms with Gasteiger partial charge in [0.05, 0.1) is 19.3 Å². The van der Waals surface area contributed by atoms with Crippen LogP contribution in [0.2, 0.25) is 5.02 Å². The van der Waals surface area contributed by atoms with E-state index in [1.165, 1.54) is 6.20 Å². The second kappa shape index (κ2) is 8.75. The van der Waals surface area contributed by atoms with Crippen LogP contribution in [0.15, 0.2) is 36.5 Å². The fourth-order valence-electron chi connectivity index (χ4n) is 4.02. The Labute approximate surface area is 180 Å². The fraction of sp³-hybridized carbons (Fsp3) is 0.476. The van der Waals surface area contributed by atoms with Gasteiger partial charge in [0.1, 0.15) is 11.8 Å². The molecule has 9 heteroatoms. The highest BCUT2D eigenvalue weighted by atomic mass is 35.5. The number of hydrogen-bond donors (Lipinski definition) is 0. The van der Waals surface area contributed by atoms with E-state index in [9.17, 15) is 10.1 Å². The molecular formula is C21H25ClN4O4. The second-order valence-electron chi connectivity index (χ2n) is 8.08. The molecule has 0 aliphatic carbocycles. The highest BCUT2D eigenvalue weighted by Gasteiger charge is 2.41. The first kappa shape index (κ1) is 20.8. The molecule has 0 radical (unpaired) electrons. The first-order chi connectivity index (χ1) is 14.4. The third-order valence-corrected chi connectivity index (χ3v) is 5.71. The fourth-order valence-corrected chi connectivity index (χ4v) is 4.15. The van der Waals surface area contributed by atoms with E-state index in [-0.39, 0.29) is 11.9 Å². The van der Waals surface area contributed by atoms with Crippen molar-refractivity contribution in [2.75, 3.05) is 26.2 Å². The number of piperidine rings is 1. The lowest BCUT2D eigenvalue weighted by molar-refractivity contribution is -0.389. The van der Waals surface area contributed by atoms with Crippen molar-refractivity contribution in [2.45, 2.75) is 38.0 Å². The molecule has 8 nitrogen and oxygen atoms in total. The summed E-state index contributed by atoms with van der Waals surface area (Å²) in [4.78, 5) is 16.7. The van der Waals surface area contributed by atoms with E-state index in [0.717, 1.165) is 43.1 Å². The lowest BCUT2D eigenvalue weighted by Gasteiger charge is -2.36. The Kier molecular flexibility index (Phi) is 6.08. The summed E-state index contributed by atoms with van der Waals surface area (Å²) in [5.41, 5.74) is 0.680. The van der Waals surface area contributed by atoms with Gasteiger partial charge in [0, 0.05) is 29.6 Å². The van der Waals surface area contributed by atoms with Crippen molar-refractivity contribution in [3.05, 3.63) is 57.2 Å². The third kappa shape index (κ3) is 5.00. The normalized spacial score (nSPS) is 22.3. The van der Waals surface area contributed by atoms with Crippen LogP contribution in [0.3, 0.4) is 0 Å². The Morgan fingerprint density at radius 1 is 1.37 bits per heavy atom. The van der Waals surface area contributed by atoms with E-state index in [2.05, 4.69) is 9.88 Å². The molecule has 0 saturated carbocycles. The van der Waals surface area contributed by atoms with Crippen LogP contribution in [-0.4, -0.2) is 57.3 Å². The van der Waals surface area contributed by atoms with Gasteiger partial charge in [-0.2, -0.15) is 0 Å².